The van der Waals surface area contributed by atoms with Gasteiger partial charge in [0.1, 0.15) is 22.6 Å². The van der Waals surface area contributed by atoms with E-state index in [-0.39, 0.29) is 0 Å². The Morgan fingerprint density at radius 2 is 1.00 bits per heavy atom. The predicted molar refractivity (Wildman–Crippen MR) is 229 cm³/mol. The molecular formula is C49H29N5O2S. The number of rotatable bonds is 7. The molecule has 0 aliphatic carbocycles. The molecule has 4 aromatic heterocycles. The number of aromatic nitrogens is 5. The van der Waals surface area contributed by atoms with Gasteiger partial charge in [-0.25, -0.2) is 24.9 Å². The summed E-state index contributed by atoms with van der Waals surface area (Å²) in [6.45, 7) is 0. The van der Waals surface area contributed by atoms with Crippen molar-refractivity contribution in [2.45, 2.75) is 0 Å². The summed E-state index contributed by atoms with van der Waals surface area (Å²) in [5, 5.41) is 4.41. The van der Waals surface area contributed by atoms with Gasteiger partial charge in [-0.15, -0.1) is 11.3 Å². The number of fused-ring (bicyclic) bond motifs is 6. The third kappa shape index (κ3) is 6.05. The highest BCUT2D eigenvalue weighted by molar-refractivity contribution is 7.25. The van der Waals surface area contributed by atoms with Crippen molar-refractivity contribution in [3.8, 4) is 68.3 Å². The van der Waals surface area contributed by atoms with E-state index in [0.717, 1.165) is 81.4 Å². The van der Waals surface area contributed by atoms with Gasteiger partial charge >= 0.3 is 0 Å². The van der Waals surface area contributed by atoms with Crippen molar-refractivity contribution in [3.05, 3.63) is 176 Å². The first-order valence-corrected chi connectivity index (χ1v) is 19.4. The zero-order chi connectivity index (χ0) is 37.7. The smallest absolute Gasteiger partial charge is 0.172 e. The molecule has 0 saturated carbocycles. The van der Waals surface area contributed by atoms with E-state index in [1.54, 1.807) is 17.5 Å². The van der Waals surface area contributed by atoms with E-state index >= 15 is 0 Å². The van der Waals surface area contributed by atoms with Gasteiger partial charge in [0.05, 0.1) is 6.20 Å². The molecule has 0 N–H and O–H groups in total. The van der Waals surface area contributed by atoms with E-state index in [2.05, 4.69) is 54.6 Å². The Hall–Kier alpha value is -7.55. The van der Waals surface area contributed by atoms with Crippen LogP contribution in [0.1, 0.15) is 0 Å². The van der Waals surface area contributed by atoms with Gasteiger partial charge in [0.15, 0.2) is 29.0 Å². The minimum absolute atomic E-state index is 0.580. The summed E-state index contributed by atoms with van der Waals surface area (Å²) in [6.07, 6.45) is 1.76. The van der Waals surface area contributed by atoms with Crippen LogP contribution in [0.15, 0.2) is 180 Å². The SMILES string of the molecule is c1ccc(Oc2cnc(-c3ccc4c(c3)sc3ccc(-c5nc(-c6ccccc6)nc(-c6ccc7c(c6)oc6ccccc67)n5)cc34)nc2-c2ccccc2)cc1. The molecule has 7 aromatic carbocycles. The molecule has 0 aliphatic rings. The molecule has 0 saturated heterocycles. The number of thiophene rings is 1. The normalized spacial score (nSPS) is 11.5. The first-order valence-electron chi connectivity index (χ1n) is 18.6. The van der Waals surface area contributed by atoms with Crippen molar-refractivity contribution in [2.24, 2.45) is 0 Å². The maximum absolute atomic E-state index is 6.26. The molecule has 0 atom stereocenters. The average Bonchev–Trinajstić information content (AvgIpc) is 3.84. The third-order valence-electron chi connectivity index (χ3n) is 10.1. The van der Waals surface area contributed by atoms with Crippen molar-refractivity contribution in [1.29, 1.82) is 0 Å². The van der Waals surface area contributed by atoms with E-state index in [9.17, 15) is 0 Å². The number of hydrogen-bond donors (Lipinski definition) is 0. The summed E-state index contributed by atoms with van der Waals surface area (Å²) in [5.74, 6) is 3.73. The lowest BCUT2D eigenvalue weighted by molar-refractivity contribution is 0.480. The van der Waals surface area contributed by atoms with Crippen LogP contribution in [0.4, 0.5) is 0 Å². The molecule has 0 spiro atoms. The van der Waals surface area contributed by atoms with E-state index in [1.165, 1.54) is 0 Å². The maximum Gasteiger partial charge on any atom is 0.172 e. The molecule has 4 heterocycles. The minimum Gasteiger partial charge on any atom is -0.456 e. The second kappa shape index (κ2) is 13.6. The van der Waals surface area contributed by atoms with E-state index in [0.29, 0.717) is 29.0 Å². The van der Waals surface area contributed by atoms with Crippen LogP contribution in [-0.4, -0.2) is 24.9 Å². The van der Waals surface area contributed by atoms with Gasteiger partial charge in [-0.05, 0) is 54.6 Å². The molecule has 0 radical (unpaired) electrons. The fraction of sp³-hybridized carbons (Fsp3) is 0. The van der Waals surface area contributed by atoms with Gasteiger partial charge < -0.3 is 9.15 Å². The molecule has 11 rings (SSSR count). The zero-order valence-corrected chi connectivity index (χ0v) is 31.0. The summed E-state index contributed by atoms with van der Waals surface area (Å²) in [4.78, 5) is 24.9. The predicted octanol–water partition coefficient (Wildman–Crippen LogP) is 13.1. The first-order chi connectivity index (χ1) is 28.2. The topological polar surface area (TPSA) is 86.8 Å². The summed E-state index contributed by atoms with van der Waals surface area (Å²) in [7, 11) is 0. The van der Waals surface area contributed by atoms with Crippen molar-refractivity contribution in [3.63, 3.8) is 0 Å². The molecule has 0 unspecified atom stereocenters. The molecule has 0 aliphatic heterocycles. The Morgan fingerprint density at radius 1 is 0.404 bits per heavy atom. The molecule has 11 aromatic rings. The highest BCUT2D eigenvalue weighted by Gasteiger charge is 2.18. The number of nitrogens with zero attached hydrogens (tertiary/aromatic N) is 5. The van der Waals surface area contributed by atoms with E-state index < -0.39 is 0 Å². The van der Waals surface area contributed by atoms with Crippen LogP contribution < -0.4 is 4.74 Å². The summed E-state index contributed by atoms with van der Waals surface area (Å²) in [6, 6.07) is 56.9. The standard InChI is InChI=1S/C49H29N5O2S/c1-4-12-30(13-5-1)45-42(55-35-16-8-3-9-17-35)29-50-46(51-45)34-21-24-38-39-26-32(22-25-43(39)57-44(38)28-34)48-52-47(31-14-6-2-7-15-31)53-49(54-48)33-20-23-37-36-18-10-11-19-40(36)56-41(37)27-33/h1-29H. The molecule has 57 heavy (non-hydrogen) atoms. The number of furan rings is 1. The van der Waals surface area contributed by atoms with Crippen LogP contribution in [0.3, 0.4) is 0 Å². The van der Waals surface area contributed by atoms with Gasteiger partial charge in [-0.1, -0.05) is 115 Å². The summed E-state index contributed by atoms with van der Waals surface area (Å²) in [5.41, 5.74) is 6.93. The largest absolute Gasteiger partial charge is 0.456 e. The fourth-order valence-electron chi connectivity index (χ4n) is 7.27. The molecule has 268 valence electrons. The summed E-state index contributed by atoms with van der Waals surface area (Å²) < 4.78 is 14.8. The van der Waals surface area contributed by atoms with Crippen molar-refractivity contribution >= 4 is 53.4 Å². The second-order valence-electron chi connectivity index (χ2n) is 13.7. The number of ether oxygens (including phenoxy) is 1. The van der Waals surface area contributed by atoms with Crippen LogP contribution >= 0.6 is 11.3 Å². The van der Waals surface area contributed by atoms with Crippen molar-refractivity contribution < 1.29 is 9.15 Å². The molecule has 8 heteroatoms. The molecule has 0 bridgehead atoms. The number of hydrogen-bond acceptors (Lipinski definition) is 8. The van der Waals surface area contributed by atoms with Crippen LogP contribution in [-0.2, 0) is 0 Å². The van der Waals surface area contributed by atoms with Gasteiger partial charge in [0.25, 0.3) is 0 Å². The monoisotopic (exact) mass is 751 g/mol. The van der Waals surface area contributed by atoms with Crippen LogP contribution in [0.25, 0.3) is 98.9 Å². The lowest BCUT2D eigenvalue weighted by atomic mass is 10.1. The van der Waals surface area contributed by atoms with Crippen LogP contribution in [0.2, 0.25) is 0 Å². The molecular weight excluding hydrogens is 723 g/mol. The molecule has 0 fully saturated rings. The Labute approximate surface area is 330 Å². The van der Waals surface area contributed by atoms with Crippen LogP contribution in [0, 0.1) is 0 Å². The average molecular weight is 752 g/mol. The molecule has 0 amide bonds. The van der Waals surface area contributed by atoms with Crippen LogP contribution in [0.5, 0.6) is 11.5 Å². The van der Waals surface area contributed by atoms with Gasteiger partial charge in [-0.3, -0.25) is 0 Å². The maximum atomic E-state index is 6.26. The van der Waals surface area contributed by atoms with Crippen molar-refractivity contribution in [2.75, 3.05) is 0 Å². The highest BCUT2D eigenvalue weighted by atomic mass is 32.1. The molecule has 7 nitrogen and oxygen atoms in total. The van der Waals surface area contributed by atoms with Gasteiger partial charge in [0.2, 0.25) is 0 Å². The minimum atomic E-state index is 0.580. The highest BCUT2D eigenvalue weighted by Crippen LogP contribution is 2.40. The van der Waals surface area contributed by atoms with Gasteiger partial charge in [-0.2, -0.15) is 0 Å². The zero-order valence-electron chi connectivity index (χ0n) is 30.2. The lowest BCUT2D eigenvalue weighted by Crippen LogP contribution is -2.00. The quantitative estimate of drug-likeness (QED) is 0.160. The third-order valence-corrected chi connectivity index (χ3v) is 11.2. The Morgan fingerprint density at radius 3 is 1.77 bits per heavy atom. The van der Waals surface area contributed by atoms with E-state index in [1.807, 2.05) is 115 Å². The number of para-hydroxylation sites is 2. The van der Waals surface area contributed by atoms with Crippen molar-refractivity contribution in [1.82, 2.24) is 24.9 Å². The Bertz CT molecular complexity index is 3270. The Balaban J connectivity index is 0.990. The lowest BCUT2D eigenvalue weighted by Gasteiger charge is -2.12. The fourth-order valence-corrected chi connectivity index (χ4v) is 8.40. The van der Waals surface area contributed by atoms with Gasteiger partial charge in [0, 0.05) is 58.8 Å². The first kappa shape index (κ1) is 32.8. The Kier molecular flexibility index (Phi) is 7.86. The van der Waals surface area contributed by atoms with E-state index in [4.69, 9.17) is 34.1 Å². The second-order valence-corrected chi connectivity index (χ2v) is 14.8. The number of benzene rings is 7. The summed E-state index contributed by atoms with van der Waals surface area (Å²) >= 11 is 1.74.